The van der Waals surface area contributed by atoms with Crippen molar-refractivity contribution in [2.75, 3.05) is 19.6 Å². The molecular weight excluding hydrogens is 310 g/mol. The third-order valence-corrected chi connectivity index (χ3v) is 4.94. The molecule has 0 aliphatic carbocycles. The molecule has 132 valence electrons. The van der Waals surface area contributed by atoms with Gasteiger partial charge in [0.15, 0.2) is 0 Å². The van der Waals surface area contributed by atoms with E-state index in [0.29, 0.717) is 13.0 Å². The third-order valence-electron chi connectivity index (χ3n) is 4.94. The lowest BCUT2D eigenvalue weighted by molar-refractivity contribution is -0.121. The monoisotopic (exact) mass is 337 g/mol. The summed E-state index contributed by atoms with van der Waals surface area (Å²) >= 11 is 0. The van der Waals surface area contributed by atoms with Crippen molar-refractivity contribution >= 4 is 5.91 Å². The van der Waals surface area contributed by atoms with E-state index in [-0.39, 0.29) is 5.91 Å². The molecule has 25 heavy (non-hydrogen) atoms. The summed E-state index contributed by atoms with van der Waals surface area (Å²) in [7, 11) is 0. The minimum atomic E-state index is 0.121. The molecule has 0 bridgehead atoms. The first-order chi connectivity index (χ1) is 12.3. The van der Waals surface area contributed by atoms with Crippen LogP contribution in [0.5, 0.6) is 0 Å². The van der Waals surface area contributed by atoms with Gasteiger partial charge in [-0.25, -0.2) is 0 Å². The zero-order valence-corrected chi connectivity index (χ0v) is 14.7. The highest BCUT2D eigenvalue weighted by molar-refractivity contribution is 5.76. The fourth-order valence-electron chi connectivity index (χ4n) is 3.41. The van der Waals surface area contributed by atoms with Crippen molar-refractivity contribution in [3.05, 3.63) is 66.0 Å². The van der Waals surface area contributed by atoms with Crippen molar-refractivity contribution in [2.45, 2.75) is 32.2 Å². The molecule has 4 heteroatoms. The SMILES string of the molecule is O=C(CCN1CCC(Cc2ccccc2)CC1)NCc1cccnc1. The summed E-state index contributed by atoms with van der Waals surface area (Å²) in [6.45, 7) is 3.63. The number of hydrogen-bond donors (Lipinski definition) is 1. The number of hydrogen-bond acceptors (Lipinski definition) is 3. The van der Waals surface area contributed by atoms with Crippen LogP contribution in [-0.4, -0.2) is 35.4 Å². The number of nitrogens with one attached hydrogen (secondary N) is 1. The molecular formula is C21H27N3O. The highest BCUT2D eigenvalue weighted by atomic mass is 16.1. The van der Waals surface area contributed by atoms with Gasteiger partial charge < -0.3 is 10.2 Å². The Kier molecular flexibility index (Phi) is 6.57. The van der Waals surface area contributed by atoms with Crippen molar-refractivity contribution in [1.82, 2.24) is 15.2 Å². The molecule has 1 aliphatic heterocycles. The second-order valence-electron chi connectivity index (χ2n) is 6.86. The van der Waals surface area contributed by atoms with Crippen molar-refractivity contribution < 1.29 is 4.79 Å². The molecule has 1 aromatic heterocycles. The van der Waals surface area contributed by atoms with Crippen molar-refractivity contribution in [2.24, 2.45) is 5.92 Å². The predicted molar refractivity (Wildman–Crippen MR) is 100 cm³/mol. The van der Waals surface area contributed by atoms with Crippen molar-refractivity contribution in [1.29, 1.82) is 0 Å². The molecule has 0 unspecified atom stereocenters. The molecule has 1 aliphatic rings. The van der Waals surface area contributed by atoms with Gasteiger partial charge in [0.25, 0.3) is 0 Å². The summed E-state index contributed by atoms with van der Waals surface area (Å²) in [5.41, 5.74) is 2.48. The first-order valence-electron chi connectivity index (χ1n) is 9.21. The minimum Gasteiger partial charge on any atom is -0.352 e. The van der Waals surface area contributed by atoms with Gasteiger partial charge in [-0.05, 0) is 55.5 Å². The Bertz CT molecular complexity index is 637. The summed E-state index contributed by atoms with van der Waals surface area (Å²) in [6, 6.07) is 14.6. The van der Waals surface area contributed by atoms with Crippen LogP contribution in [0.1, 0.15) is 30.4 Å². The number of carbonyl (C=O) groups is 1. The van der Waals surface area contributed by atoms with E-state index in [0.717, 1.165) is 31.1 Å². The molecule has 4 nitrogen and oxygen atoms in total. The number of piperidine rings is 1. The summed E-state index contributed by atoms with van der Waals surface area (Å²) in [5.74, 6) is 0.897. The van der Waals surface area contributed by atoms with Crippen LogP contribution in [0.25, 0.3) is 0 Å². The smallest absolute Gasteiger partial charge is 0.221 e. The highest BCUT2D eigenvalue weighted by Gasteiger charge is 2.19. The molecule has 1 amide bonds. The number of nitrogens with zero attached hydrogens (tertiary/aromatic N) is 2. The molecule has 2 aromatic rings. The predicted octanol–water partition coefficient (Wildman–Crippen LogP) is 3.04. The van der Waals surface area contributed by atoms with Gasteiger partial charge in [-0.15, -0.1) is 0 Å². The lowest BCUT2D eigenvalue weighted by Crippen LogP contribution is -2.37. The van der Waals surface area contributed by atoms with E-state index in [9.17, 15) is 4.79 Å². The molecule has 0 spiro atoms. The number of pyridine rings is 1. The van der Waals surface area contributed by atoms with Gasteiger partial charge >= 0.3 is 0 Å². The second kappa shape index (κ2) is 9.33. The number of carbonyl (C=O) groups excluding carboxylic acids is 1. The molecule has 1 N–H and O–H groups in total. The standard InChI is InChI=1S/C21H27N3O/c25-21(23-17-20-7-4-11-22-16-20)10-14-24-12-8-19(9-13-24)15-18-5-2-1-3-6-18/h1-7,11,16,19H,8-10,12-15,17H2,(H,23,25). The molecule has 1 fully saturated rings. The summed E-state index contributed by atoms with van der Waals surface area (Å²) in [4.78, 5) is 18.5. The van der Waals surface area contributed by atoms with Crippen molar-refractivity contribution in [3.8, 4) is 0 Å². The first-order valence-corrected chi connectivity index (χ1v) is 9.21. The third kappa shape index (κ3) is 5.98. The van der Waals surface area contributed by atoms with Crippen LogP contribution in [-0.2, 0) is 17.8 Å². The van der Waals surface area contributed by atoms with Gasteiger partial charge in [0.1, 0.15) is 0 Å². The lowest BCUT2D eigenvalue weighted by Gasteiger charge is -2.31. The Balaban J connectivity index is 1.31. The minimum absolute atomic E-state index is 0.121. The van der Waals surface area contributed by atoms with Gasteiger partial charge in [-0.1, -0.05) is 36.4 Å². The van der Waals surface area contributed by atoms with Gasteiger partial charge in [0.2, 0.25) is 5.91 Å². The van der Waals surface area contributed by atoms with Crippen LogP contribution in [0, 0.1) is 5.92 Å². The molecule has 3 rings (SSSR count). The maximum Gasteiger partial charge on any atom is 0.221 e. The molecule has 1 aromatic carbocycles. The van der Waals surface area contributed by atoms with Crippen LogP contribution >= 0.6 is 0 Å². The first kappa shape index (κ1) is 17.6. The highest BCUT2D eigenvalue weighted by Crippen LogP contribution is 2.21. The Hall–Kier alpha value is -2.20. The van der Waals surface area contributed by atoms with Crippen LogP contribution in [0.2, 0.25) is 0 Å². The zero-order chi connectivity index (χ0) is 17.3. The maximum atomic E-state index is 12.0. The molecule has 0 radical (unpaired) electrons. The van der Waals surface area contributed by atoms with Crippen LogP contribution < -0.4 is 5.32 Å². The number of amides is 1. The average Bonchev–Trinajstić information content (AvgIpc) is 2.67. The Morgan fingerprint density at radius 1 is 1.08 bits per heavy atom. The lowest BCUT2D eigenvalue weighted by atomic mass is 9.90. The van der Waals surface area contributed by atoms with E-state index in [1.807, 2.05) is 12.1 Å². The van der Waals surface area contributed by atoms with Crippen LogP contribution in [0.3, 0.4) is 0 Å². The Labute approximate surface area is 150 Å². The van der Waals surface area contributed by atoms with Gasteiger partial charge in [-0.3, -0.25) is 9.78 Å². The quantitative estimate of drug-likeness (QED) is 0.845. The maximum absolute atomic E-state index is 12.0. The van der Waals surface area contributed by atoms with Gasteiger partial charge in [-0.2, -0.15) is 0 Å². The number of benzene rings is 1. The van der Waals surface area contributed by atoms with E-state index >= 15 is 0 Å². The number of rotatable bonds is 7. The Morgan fingerprint density at radius 2 is 1.84 bits per heavy atom. The van der Waals surface area contributed by atoms with Crippen LogP contribution in [0.4, 0.5) is 0 Å². The van der Waals surface area contributed by atoms with Crippen molar-refractivity contribution in [3.63, 3.8) is 0 Å². The summed E-state index contributed by atoms with van der Waals surface area (Å²) in [6.07, 6.45) is 7.74. The largest absolute Gasteiger partial charge is 0.352 e. The average molecular weight is 337 g/mol. The fraction of sp³-hybridized carbons (Fsp3) is 0.429. The van der Waals surface area contributed by atoms with E-state index in [1.54, 1.807) is 12.4 Å². The van der Waals surface area contributed by atoms with E-state index in [2.05, 4.69) is 45.5 Å². The number of likely N-dealkylation sites (tertiary alicyclic amines) is 1. The van der Waals surface area contributed by atoms with Gasteiger partial charge in [0, 0.05) is 31.9 Å². The fourth-order valence-corrected chi connectivity index (χ4v) is 3.41. The Morgan fingerprint density at radius 3 is 2.56 bits per heavy atom. The second-order valence-corrected chi connectivity index (χ2v) is 6.86. The number of aromatic nitrogens is 1. The van der Waals surface area contributed by atoms with Gasteiger partial charge in [0.05, 0.1) is 0 Å². The van der Waals surface area contributed by atoms with E-state index in [1.165, 1.54) is 24.8 Å². The van der Waals surface area contributed by atoms with Crippen LogP contribution in [0.15, 0.2) is 54.9 Å². The molecule has 1 saturated heterocycles. The topological polar surface area (TPSA) is 45.2 Å². The molecule has 0 atom stereocenters. The van der Waals surface area contributed by atoms with E-state index < -0.39 is 0 Å². The van der Waals surface area contributed by atoms with E-state index in [4.69, 9.17) is 0 Å². The zero-order valence-electron chi connectivity index (χ0n) is 14.7. The summed E-state index contributed by atoms with van der Waals surface area (Å²) in [5, 5.41) is 2.97. The molecule has 0 saturated carbocycles. The summed E-state index contributed by atoms with van der Waals surface area (Å²) < 4.78 is 0. The normalized spacial score (nSPS) is 15.8. The molecule has 2 heterocycles.